The van der Waals surface area contributed by atoms with Gasteiger partial charge in [-0.05, 0) is 19.1 Å². The number of hydrogen-bond acceptors (Lipinski definition) is 4. The molecule has 1 fully saturated rings. The second kappa shape index (κ2) is 7.97. The van der Waals surface area contributed by atoms with Crippen molar-refractivity contribution in [2.75, 3.05) is 46.4 Å². The molecule has 0 aromatic heterocycles. The molecule has 2 atom stereocenters. The van der Waals surface area contributed by atoms with Gasteiger partial charge in [0, 0.05) is 45.9 Å². The normalized spacial score (nSPS) is 20.0. The first-order valence-corrected chi connectivity index (χ1v) is 7.60. The number of halogens is 2. The average molecular weight is 314 g/mol. The Kier molecular flexibility index (Phi) is 6.26. The van der Waals surface area contributed by atoms with Crippen LogP contribution < -0.4 is 0 Å². The lowest BCUT2D eigenvalue weighted by molar-refractivity contribution is 0.0355. The Hall–Kier alpha value is -1.08. The van der Waals surface area contributed by atoms with Crippen LogP contribution in [0.3, 0.4) is 0 Å². The smallest absolute Gasteiger partial charge is 0.131 e. The van der Waals surface area contributed by atoms with Gasteiger partial charge in [0.25, 0.3) is 0 Å². The molecule has 1 saturated heterocycles. The van der Waals surface area contributed by atoms with Crippen molar-refractivity contribution in [3.05, 3.63) is 35.4 Å². The van der Waals surface area contributed by atoms with Crippen LogP contribution in [0, 0.1) is 11.6 Å². The Morgan fingerprint density at radius 2 is 1.77 bits per heavy atom. The van der Waals surface area contributed by atoms with Gasteiger partial charge in [0.15, 0.2) is 0 Å². The molecule has 22 heavy (non-hydrogen) atoms. The molecule has 0 aliphatic carbocycles. The zero-order valence-corrected chi connectivity index (χ0v) is 13.1. The van der Waals surface area contributed by atoms with E-state index in [2.05, 4.69) is 11.8 Å². The van der Waals surface area contributed by atoms with Gasteiger partial charge in [-0.15, -0.1) is 0 Å². The summed E-state index contributed by atoms with van der Waals surface area (Å²) < 4.78 is 32.5. The summed E-state index contributed by atoms with van der Waals surface area (Å²) in [6, 6.07) is 4.00. The summed E-state index contributed by atoms with van der Waals surface area (Å²) in [5.41, 5.74) is -0.238. The van der Waals surface area contributed by atoms with Crippen LogP contribution in [0.1, 0.15) is 18.6 Å². The van der Waals surface area contributed by atoms with Gasteiger partial charge in [0.2, 0.25) is 0 Å². The predicted molar refractivity (Wildman–Crippen MR) is 80.7 cm³/mol. The number of aliphatic hydroxyl groups excluding tert-OH is 1. The summed E-state index contributed by atoms with van der Waals surface area (Å²) in [7, 11) is 1.69. The highest BCUT2D eigenvalue weighted by Crippen LogP contribution is 2.22. The number of β-amino-alcohol motifs (C(OH)–C–C–N with tert-alkyl or cyclic N) is 1. The van der Waals surface area contributed by atoms with Gasteiger partial charge < -0.3 is 9.84 Å². The van der Waals surface area contributed by atoms with Crippen molar-refractivity contribution in [1.29, 1.82) is 0 Å². The number of methoxy groups -OCH3 is 1. The maximum Gasteiger partial charge on any atom is 0.131 e. The van der Waals surface area contributed by atoms with E-state index in [1.807, 2.05) is 4.90 Å². The van der Waals surface area contributed by atoms with Crippen molar-refractivity contribution in [2.24, 2.45) is 0 Å². The van der Waals surface area contributed by atoms with Gasteiger partial charge >= 0.3 is 0 Å². The van der Waals surface area contributed by atoms with E-state index in [-0.39, 0.29) is 12.1 Å². The van der Waals surface area contributed by atoms with Crippen LogP contribution in [0.5, 0.6) is 0 Å². The van der Waals surface area contributed by atoms with Gasteiger partial charge in [-0.2, -0.15) is 0 Å². The minimum Gasteiger partial charge on any atom is -0.387 e. The van der Waals surface area contributed by atoms with Crippen molar-refractivity contribution in [3.63, 3.8) is 0 Å². The molecule has 1 heterocycles. The number of ether oxygens (including phenoxy) is 1. The van der Waals surface area contributed by atoms with E-state index in [1.54, 1.807) is 7.11 Å². The Balaban J connectivity index is 1.88. The largest absolute Gasteiger partial charge is 0.387 e. The number of nitrogens with zero attached hydrogens (tertiary/aromatic N) is 2. The molecule has 4 nitrogen and oxygen atoms in total. The van der Waals surface area contributed by atoms with Crippen LogP contribution in [0.25, 0.3) is 0 Å². The van der Waals surface area contributed by atoms with Gasteiger partial charge in [-0.25, -0.2) is 8.78 Å². The molecular formula is C16H24F2N2O2. The van der Waals surface area contributed by atoms with Crippen LogP contribution in [0.15, 0.2) is 18.2 Å². The third-order valence-electron chi connectivity index (χ3n) is 4.20. The lowest BCUT2D eigenvalue weighted by atomic mass is 10.1. The van der Waals surface area contributed by atoms with Gasteiger partial charge in [-0.3, -0.25) is 9.80 Å². The molecular weight excluding hydrogens is 290 g/mol. The summed E-state index contributed by atoms with van der Waals surface area (Å²) in [6.07, 6.45) is -1.15. The third kappa shape index (κ3) is 4.23. The molecule has 0 radical (unpaired) electrons. The topological polar surface area (TPSA) is 35.9 Å². The molecule has 0 saturated carbocycles. The molecule has 1 aromatic carbocycles. The lowest BCUT2D eigenvalue weighted by Gasteiger charge is -2.38. The first-order chi connectivity index (χ1) is 10.5. The van der Waals surface area contributed by atoms with Gasteiger partial charge in [0.05, 0.1) is 18.3 Å². The first-order valence-electron chi connectivity index (χ1n) is 7.60. The Bertz CT molecular complexity index is 459. The zero-order chi connectivity index (χ0) is 16.1. The summed E-state index contributed by atoms with van der Waals surface area (Å²) in [4.78, 5) is 4.35. The monoisotopic (exact) mass is 314 g/mol. The number of hydrogen-bond donors (Lipinski definition) is 1. The van der Waals surface area contributed by atoms with E-state index in [4.69, 9.17) is 4.74 Å². The van der Waals surface area contributed by atoms with E-state index >= 15 is 0 Å². The van der Waals surface area contributed by atoms with Crippen molar-refractivity contribution in [2.45, 2.75) is 19.1 Å². The summed E-state index contributed by atoms with van der Waals surface area (Å²) in [5, 5.41) is 10.1. The number of benzene rings is 1. The lowest BCUT2D eigenvalue weighted by Crippen LogP contribution is -2.51. The Morgan fingerprint density at radius 3 is 2.32 bits per heavy atom. The number of rotatable bonds is 6. The molecule has 1 aliphatic heterocycles. The summed E-state index contributed by atoms with van der Waals surface area (Å²) >= 11 is 0. The quantitative estimate of drug-likeness (QED) is 0.866. The standard InChI is InChI=1S/C16H24F2N2O2/c1-12(11-22-2)20-8-6-19(7-9-20)10-15(21)16-13(17)4-3-5-14(16)18/h3-5,12,15,21H,6-11H2,1-2H3. The van der Waals surface area contributed by atoms with E-state index in [9.17, 15) is 13.9 Å². The molecule has 1 aromatic rings. The Labute approximate surface area is 130 Å². The van der Waals surface area contributed by atoms with E-state index in [0.29, 0.717) is 12.6 Å². The van der Waals surface area contributed by atoms with Crippen molar-refractivity contribution >= 4 is 0 Å². The van der Waals surface area contributed by atoms with Crippen molar-refractivity contribution < 1.29 is 18.6 Å². The number of piperazine rings is 1. The maximum absolute atomic E-state index is 13.7. The third-order valence-corrected chi connectivity index (χ3v) is 4.20. The highest BCUT2D eigenvalue weighted by Gasteiger charge is 2.25. The van der Waals surface area contributed by atoms with Crippen molar-refractivity contribution in [3.8, 4) is 0 Å². The summed E-state index contributed by atoms with van der Waals surface area (Å²) in [6.45, 7) is 6.28. The van der Waals surface area contributed by atoms with E-state index in [1.165, 1.54) is 18.2 Å². The SMILES string of the molecule is COCC(C)N1CCN(CC(O)c2c(F)cccc2F)CC1. The van der Waals surface area contributed by atoms with Crippen LogP contribution in [0.4, 0.5) is 8.78 Å². The molecule has 0 bridgehead atoms. The zero-order valence-electron chi connectivity index (χ0n) is 13.1. The molecule has 2 unspecified atom stereocenters. The fourth-order valence-electron chi connectivity index (χ4n) is 2.90. The van der Waals surface area contributed by atoms with Crippen LogP contribution in [-0.2, 0) is 4.74 Å². The highest BCUT2D eigenvalue weighted by molar-refractivity contribution is 5.22. The minimum atomic E-state index is -1.15. The van der Waals surface area contributed by atoms with Crippen LogP contribution >= 0.6 is 0 Å². The molecule has 0 spiro atoms. The molecule has 1 N–H and O–H groups in total. The average Bonchev–Trinajstić information content (AvgIpc) is 2.48. The van der Waals surface area contributed by atoms with Gasteiger partial charge in [-0.1, -0.05) is 6.07 Å². The second-order valence-electron chi connectivity index (χ2n) is 5.79. The maximum atomic E-state index is 13.7. The second-order valence-corrected chi connectivity index (χ2v) is 5.79. The van der Waals surface area contributed by atoms with Crippen molar-refractivity contribution in [1.82, 2.24) is 9.80 Å². The van der Waals surface area contributed by atoms with Crippen LogP contribution in [-0.4, -0.2) is 67.4 Å². The Morgan fingerprint density at radius 1 is 1.18 bits per heavy atom. The van der Waals surface area contributed by atoms with Gasteiger partial charge in [0.1, 0.15) is 11.6 Å². The number of aliphatic hydroxyl groups is 1. The van der Waals surface area contributed by atoms with E-state index in [0.717, 1.165) is 26.2 Å². The highest BCUT2D eigenvalue weighted by atomic mass is 19.1. The molecule has 124 valence electrons. The minimum absolute atomic E-state index is 0.238. The van der Waals surface area contributed by atoms with Crippen LogP contribution in [0.2, 0.25) is 0 Å². The molecule has 0 amide bonds. The van der Waals surface area contributed by atoms with E-state index < -0.39 is 17.7 Å². The fourth-order valence-corrected chi connectivity index (χ4v) is 2.90. The molecule has 2 rings (SSSR count). The molecule has 6 heteroatoms. The predicted octanol–water partition coefficient (Wildman–Crippen LogP) is 1.65. The molecule has 1 aliphatic rings. The first kappa shape index (κ1) is 17.3. The summed E-state index contributed by atoms with van der Waals surface area (Å²) in [5.74, 6) is -1.39. The fraction of sp³-hybridized carbons (Fsp3) is 0.625.